The van der Waals surface area contributed by atoms with Crippen LogP contribution in [0, 0.1) is 0 Å². The molecule has 13 heavy (non-hydrogen) atoms. The minimum Gasteiger partial charge on any atom is -0.478 e. The molecule has 0 bridgehead atoms. The van der Waals surface area contributed by atoms with E-state index in [-0.39, 0.29) is 11.6 Å². The van der Waals surface area contributed by atoms with E-state index >= 15 is 0 Å². The van der Waals surface area contributed by atoms with Crippen LogP contribution in [-0.2, 0) is 0 Å². The highest BCUT2D eigenvalue weighted by molar-refractivity contribution is 5.88. The first-order chi connectivity index (χ1) is 6.29. The zero-order valence-electron chi connectivity index (χ0n) is 6.99. The van der Waals surface area contributed by atoms with E-state index in [9.17, 15) is 4.79 Å². The molecule has 70 valence electrons. The van der Waals surface area contributed by atoms with Crippen LogP contribution in [0.4, 0.5) is 0 Å². The summed E-state index contributed by atoms with van der Waals surface area (Å²) < 4.78 is 4.65. The molecule has 2 heterocycles. The lowest BCUT2D eigenvalue weighted by molar-refractivity contribution is 0.0694. The second kappa shape index (κ2) is 3.18. The van der Waals surface area contributed by atoms with Crippen molar-refractivity contribution in [2.24, 2.45) is 0 Å². The molecule has 0 amide bonds. The fourth-order valence-corrected chi connectivity index (χ4v) is 1.57. The molecule has 5 nitrogen and oxygen atoms in total. The Balaban J connectivity index is 2.28. The molecular formula is C8H10N2O3. The molecule has 1 fully saturated rings. The van der Waals surface area contributed by atoms with Crippen molar-refractivity contribution in [1.82, 2.24) is 10.5 Å². The number of nitrogens with zero attached hydrogens (tertiary/aromatic N) is 1. The number of carbonyl (C=O) groups is 1. The number of hydrogen-bond acceptors (Lipinski definition) is 4. The fraction of sp³-hybridized carbons (Fsp3) is 0.500. The van der Waals surface area contributed by atoms with Gasteiger partial charge in [-0.3, -0.25) is 0 Å². The predicted octanol–water partition coefficient (Wildman–Crippen LogP) is 0.797. The van der Waals surface area contributed by atoms with Gasteiger partial charge in [-0.15, -0.1) is 0 Å². The van der Waals surface area contributed by atoms with Gasteiger partial charge in [0.25, 0.3) is 0 Å². The van der Waals surface area contributed by atoms with Crippen LogP contribution < -0.4 is 5.32 Å². The lowest BCUT2D eigenvalue weighted by Crippen LogP contribution is -2.16. The van der Waals surface area contributed by atoms with Crippen molar-refractivity contribution in [2.75, 3.05) is 6.54 Å². The first kappa shape index (κ1) is 8.25. The van der Waals surface area contributed by atoms with Gasteiger partial charge in [-0.2, -0.15) is 0 Å². The molecule has 0 radical (unpaired) electrons. The van der Waals surface area contributed by atoms with E-state index in [2.05, 4.69) is 15.0 Å². The summed E-state index contributed by atoms with van der Waals surface area (Å²) in [4.78, 5) is 10.7. The Hall–Kier alpha value is -1.36. The van der Waals surface area contributed by atoms with E-state index in [4.69, 9.17) is 5.11 Å². The van der Waals surface area contributed by atoms with Crippen LogP contribution in [0.15, 0.2) is 10.8 Å². The van der Waals surface area contributed by atoms with Crippen LogP contribution in [0.2, 0.25) is 0 Å². The molecule has 1 atom stereocenters. The highest BCUT2D eigenvalue weighted by Gasteiger charge is 2.25. The van der Waals surface area contributed by atoms with Gasteiger partial charge in [-0.1, -0.05) is 5.16 Å². The number of aromatic carboxylic acids is 1. The van der Waals surface area contributed by atoms with E-state index in [1.54, 1.807) is 0 Å². The highest BCUT2D eigenvalue weighted by atomic mass is 16.5. The molecule has 1 unspecified atom stereocenters. The van der Waals surface area contributed by atoms with Crippen LogP contribution >= 0.6 is 0 Å². The summed E-state index contributed by atoms with van der Waals surface area (Å²) in [5.74, 6) is -0.982. The molecule has 1 aromatic heterocycles. The smallest absolute Gasteiger partial charge is 0.341 e. The topological polar surface area (TPSA) is 75.4 Å². The van der Waals surface area contributed by atoms with Crippen molar-refractivity contribution in [3.63, 3.8) is 0 Å². The van der Waals surface area contributed by atoms with Crippen LogP contribution in [0.1, 0.15) is 34.9 Å². The molecule has 5 heteroatoms. The summed E-state index contributed by atoms with van der Waals surface area (Å²) >= 11 is 0. The number of carboxylic acids is 1. The Kier molecular flexibility index (Phi) is 2.02. The maximum Gasteiger partial charge on any atom is 0.341 e. The molecular weight excluding hydrogens is 172 g/mol. The Bertz CT molecular complexity index is 315. The Morgan fingerprint density at radius 2 is 2.62 bits per heavy atom. The molecule has 2 N–H and O–H groups in total. The largest absolute Gasteiger partial charge is 0.478 e. The van der Waals surface area contributed by atoms with Gasteiger partial charge < -0.3 is 14.9 Å². The lowest BCUT2D eigenvalue weighted by atomic mass is 10.1. The highest BCUT2D eigenvalue weighted by Crippen LogP contribution is 2.24. The maximum atomic E-state index is 10.7. The summed E-state index contributed by atoms with van der Waals surface area (Å²) in [6.45, 7) is 0.913. The first-order valence-corrected chi connectivity index (χ1v) is 4.20. The van der Waals surface area contributed by atoms with Crippen molar-refractivity contribution in [1.29, 1.82) is 0 Å². The van der Waals surface area contributed by atoms with Gasteiger partial charge >= 0.3 is 5.97 Å². The van der Waals surface area contributed by atoms with E-state index < -0.39 is 5.97 Å². The zero-order chi connectivity index (χ0) is 9.26. The molecule has 1 aliphatic rings. The minimum absolute atomic E-state index is 0.0462. The molecule has 0 saturated carbocycles. The summed E-state index contributed by atoms with van der Waals surface area (Å²) in [6.07, 6.45) is 3.15. The van der Waals surface area contributed by atoms with Gasteiger partial charge in [0.15, 0.2) is 0 Å². The number of nitrogens with one attached hydrogen (secondary N) is 1. The normalized spacial score (nSPS) is 22.0. The van der Waals surface area contributed by atoms with Crippen LogP contribution in [0.3, 0.4) is 0 Å². The molecule has 1 aromatic rings. The van der Waals surface area contributed by atoms with Gasteiger partial charge in [-0.05, 0) is 19.4 Å². The Morgan fingerprint density at radius 3 is 3.23 bits per heavy atom. The van der Waals surface area contributed by atoms with Gasteiger partial charge in [-0.25, -0.2) is 4.79 Å². The summed E-state index contributed by atoms with van der Waals surface area (Å²) in [6, 6.07) is 0.0462. The van der Waals surface area contributed by atoms with Crippen molar-refractivity contribution < 1.29 is 14.4 Å². The van der Waals surface area contributed by atoms with Crippen molar-refractivity contribution in [3.8, 4) is 0 Å². The van der Waals surface area contributed by atoms with Gasteiger partial charge in [0.1, 0.15) is 17.5 Å². The van der Waals surface area contributed by atoms with Crippen LogP contribution in [0.25, 0.3) is 0 Å². The third-order valence-corrected chi connectivity index (χ3v) is 2.22. The molecule has 1 saturated heterocycles. The average Bonchev–Trinajstić information content (AvgIpc) is 2.74. The van der Waals surface area contributed by atoms with E-state index in [0.29, 0.717) is 5.69 Å². The minimum atomic E-state index is -0.982. The second-order valence-corrected chi connectivity index (χ2v) is 3.07. The van der Waals surface area contributed by atoms with E-state index in [0.717, 1.165) is 19.4 Å². The molecule has 0 aliphatic carbocycles. The molecule has 0 spiro atoms. The zero-order valence-corrected chi connectivity index (χ0v) is 6.99. The van der Waals surface area contributed by atoms with Crippen molar-refractivity contribution >= 4 is 5.97 Å². The van der Waals surface area contributed by atoms with E-state index in [1.807, 2.05) is 0 Å². The second-order valence-electron chi connectivity index (χ2n) is 3.07. The third-order valence-electron chi connectivity index (χ3n) is 2.22. The van der Waals surface area contributed by atoms with Crippen molar-refractivity contribution in [2.45, 2.75) is 18.9 Å². The number of aromatic nitrogens is 1. The molecule has 0 aromatic carbocycles. The molecule has 2 rings (SSSR count). The SMILES string of the molecule is O=C(O)c1conc1C1CCCN1. The summed E-state index contributed by atoms with van der Waals surface area (Å²) in [5, 5.41) is 15.7. The van der Waals surface area contributed by atoms with Gasteiger partial charge in [0.2, 0.25) is 0 Å². The number of carboxylic acid groups (broad SMARTS) is 1. The Morgan fingerprint density at radius 1 is 1.77 bits per heavy atom. The predicted molar refractivity (Wildman–Crippen MR) is 43.4 cm³/mol. The first-order valence-electron chi connectivity index (χ1n) is 4.20. The Labute approximate surface area is 74.7 Å². The quantitative estimate of drug-likeness (QED) is 0.707. The summed E-state index contributed by atoms with van der Waals surface area (Å²) in [7, 11) is 0. The van der Waals surface area contributed by atoms with Crippen LogP contribution in [0.5, 0.6) is 0 Å². The molecule has 1 aliphatic heterocycles. The lowest BCUT2D eigenvalue weighted by Gasteiger charge is -2.05. The standard InChI is InChI=1S/C8H10N2O3/c11-8(12)5-4-13-10-7(5)6-2-1-3-9-6/h4,6,9H,1-3H2,(H,11,12). The third kappa shape index (κ3) is 1.42. The average molecular weight is 182 g/mol. The monoisotopic (exact) mass is 182 g/mol. The van der Waals surface area contributed by atoms with Gasteiger partial charge in [0, 0.05) is 0 Å². The fourth-order valence-electron chi connectivity index (χ4n) is 1.57. The van der Waals surface area contributed by atoms with Crippen LogP contribution in [-0.4, -0.2) is 22.8 Å². The summed E-state index contributed by atoms with van der Waals surface area (Å²) in [5.41, 5.74) is 0.685. The number of hydrogen-bond donors (Lipinski definition) is 2. The number of rotatable bonds is 2. The van der Waals surface area contributed by atoms with Gasteiger partial charge in [0.05, 0.1) is 6.04 Å². The van der Waals surface area contributed by atoms with E-state index in [1.165, 1.54) is 6.26 Å². The maximum absolute atomic E-state index is 10.7. The van der Waals surface area contributed by atoms with Crippen molar-refractivity contribution in [3.05, 3.63) is 17.5 Å².